The van der Waals surface area contributed by atoms with E-state index in [9.17, 15) is 0 Å². The molecule has 63 heavy (non-hydrogen) atoms. The minimum Gasteiger partial charge on any atom is -0.457 e. The van der Waals surface area contributed by atoms with Gasteiger partial charge in [-0.05, 0) is 160 Å². The lowest BCUT2D eigenvalue weighted by Crippen LogP contribution is -2.55. The zero-order chi connectivity index (χ0) is 41.9. The molecule has 4 bridgehead atoms. The Morgan fingerprint density at radius 3 is 1.97 bits per heavy atom. The lowest BCUT2D eigenvalue weighted by molar-refractivity contribution is -0.0399. The van der Waals surface area contributed by atoms with Crippen LogP contribution in [-0.4, -0.2) is 6.04 Å². The van der Waals surface area contributed by atoms with E-state index in [0.29, 0.717) is 11.8 Å². The molecule has 14 rings (SSSR count). The van der Waals surface area contributed by atoms with Crippen LogP contribution in [0.2, 0.25) is 0 Å². The van der Waals surface area contributed by atoms with Crippen LogP contribution in [0.15, 0.2) is 182 Å². The van der Waals surface area contributed by atoms with Crippen molar-refractivity contribution >= 4 is 11.4 Å². The number of hydrogen-bond acceptors (Lipinski definition) is 2. The lowest BCUT2D eigenvalue weighted by atomic mass is 9.43. The molecule has 2 heteroatoms. The molecule has 7 aliphatic carbocycles. The largest absolute Gasteiger partial charge is 0.457 e. The van der Waals surface area contributed by atoms with E-state index in [1.807, 2.05) is 0 Å². The van der Waals surface area contributed by atoms with E-state index in [0.717, 1.165) is 29.8 Å². The molecule has 7 aliphatic rings. The molecule has 1 unspecified atom stereocenters. The molecule has 2 nitrogen and oxygen atoms in total. The molecule has 1 atom stereocenters. The van der Waals surface area contributed by atoms with Gasteiger partial charge in [-0.3, -0.25) is 0 Å². The monoisotopic (exact) mass is 815 g/mol. The van der Waals surface area contributed by atoms with Crippen LogP contribution in [0.4, 0.5) is 11.4 Å². The summed E-state index contributed by atoms with van der Waals surface area (Å²) >= 11 is 0. The van der Waals surface area contributed by atoms with Crippen molar-refractivity contribution in [1.82, 2.24) is 0 Å². The summed E-state index contributed by atoms with van der Waals surface area (Å²) in [7, 11) is 0. The Hall–Kier alpha value is -6.38. The first-order valence-electron chi connectivity index (χ1n) is 23.5. The van der Waals surface area contributed by atoms with Gasteiger partial charge < -0.3 is 9.64 Å². The molecule has 0 aliphatic heterocycles. The fourth-order valence-corrected chi connectivity index (χ4v) is 14.1. The van der Waals surface area contributed by atoms with Gasteiger partial charge in [-0.2, -0.15) is 0 Å². The number of allylic oxidation sites excluding steroid dienone is 2. The second kappa shape index (κ2) is 14.1. The fourth-order valence-electron chi connectivity index (χ4n) is 14.1. The maximum atomic E-state index is 6.87. The Labute approximate surface area is 372 Å². The fraction of sp³-hybridized carbons (Fsp3) is 0.246. The minimum atomic E-state index is -0.102. The Bertz CT molecular complexity index is 2980. The second-order valence-corrected chi connectivity index (χ2v) is 20.0. The third-order valence-electron chi connectivity index (χ3n) is 16.4. The van der Waals surface area contributed by atoms with Gasteiger partial charge in [0.2, 0.25) is 0 Å². The molecule has 7 aromatic rings. The predicted octanol–water partition coefficient (Wildman–Crippen LogP) is 15.9. The molecule has 1 spiro atoms. The van der Waals surface area contributed by atoms with Crippen molar-refractivity contribution in [1.29, 1.82) is 0 Å². The highest BCUT2D eigenvalue weighted by Gasteiger charge is 2.62. The standard InChI is InChI=1S/C61H53NO/c1-60(2)52-24-13-12-22-49(52)50-31-29-46(38-54(50)60)62(45-18-8-4-9-19-45)56-26-14-23-48(41-16-6-3-7-17-41)58(56)42-28-30-51-55(37-42)61(43-33-39-32-40(35-43)36-44(61)34-39)53-25-15-27-57(59(51)53)63-47-20-10-5-11-21-47/h3-18,20-31,37-40,43-45H,19,32-36H2,1-2H3. The zero-order valence-corrected chi connectivity index (χ0v) is 36.3. The van der Waals surface area contributed by atoms with Gasteiger partial charge >= 0.3 is 0 Å². The van der Waals surface area contributed by atoms with E-state index in [-0.39, 0.29) is 16.9 Å². The molecule has 0 aromatic heterocycles. The number of rotatable bonds is 7. The van der Waals surface area contributed by atoms with Gasteiger partial charge in [0, 0.05) is 27.6 Å². The summed E-state index contributed by atoms with van der Waals surface area (Å²) in [6.07, 6.45) is 16.9. The third-order valence-corrected chi connectivity index (χ3v) is 16.4. The molecule has 0 radical (unpaired) electrons. The van der Waals surface area contributed by atoms with Gasteiger partial charge in [0.15, 0.2) is 0 Å². The van der Waals surface area contributed by atoms with Crippen LogP contribution >= 0.6 is 0 Å². The van der Waals surface area contributed by atoms with E-state index >= 15 is 0 Å². The normalized spacial score (nSPS) is 24.8. The van der Waals surface area contributed by atoms with Gasteiger partial charge in [-0.15, -0.1) is 0 Å². The van der Waals surface area contributed by atoms with Gasteiger partial charge in [-0.25, -0.2) is 0 Å². The SMILES string of the molecule is CC1(C)c2ccccc2-c2ccc(N(c3cccc(-c4ccccc4)c3-c3ccc4c(c3)C3(c5cccc(Oc6ccccc6)c5-4)C4CC5CC(C4)CC3C5)C3C=CC=CC3)cc21. The van der Waals surface area contributed by atoms with Crippen LogP contribution in [0, 0.1) is 23.7 Å². The summed E-state index contributed by atoms with van der Waals surface area (Å²) < 4.78 is 6.87. The van der Waals surface area contributed by atoms with E-state index < -0.39 is 0 Å². The quantitative estimate of drug-likeness (QED) is 0.159. The van der Waals surface area contributed by atoms with Gasteiger partial charge in [0.05, 0.1) is 11.7 Å². The lowest BCUT2D eigenvalue weighted by Gasteiger charge is -2.61. The molecule has 0 heterocycles. The number of benzene rings is 7. The van der Waals surface area contributed by atoms with Crippen molar-refractivity contribution in [3.05, 3.63) is 204 Å². The summed E-state index contributed by atoms with van der Waals surface area (Å²) in [5.74, 6) is 4.86. The summed E-state index contributed by atoms with van der Waals surface area (Å²) in [5.41, 5.74) is 18.7. The second-order valence-electron chi connectivity index (χ2n) is 20.0. The molecule has 0 N–H and O–H groups in total. The molecule has 4 saturated carbocycles. The van der Waals surface area contributed by atoms with Crippen LogP contribution in [0.25, 0.3) is 44.5 Å². The number of fused-ring (bicyclic) bond motifs is 6. The van der Waals surface area contributed by atoms with Crippen LogP contribution in [0.5, 0.6) is 11.5 Å². The number of nitrogens with zero attached hydrogens (tertiary/aromatic N) is 1. The van der Waals surface area contributed by atoms with E-state index in [1.54, 1.807) is 0 Å². The number of hydrogen-bond donors (Lipinski definition) is 0. The smallest absolute Gasteiger partial charge is 0.135 e. The van der Waals surface area contributed by atoms with Crippen molar-refractivity contribution in [3.63, 3.8) is 0 Å². The minimum absolute atomic E-state index is 0.0246. The van der Waals surface area contributed by atoms with Crippen LogP contribution in [-0.2, 0) is 10.8 Å². The number of anilines is 2. The molecular weight excluding hydrogens is 763 g/mol. The van der Waals surface area contributed by atoms with Crippen molar-refractivity contribution in [2.45, 2.75) is 69.2 Å². The first kappa shape index (κ1) is 37.2. The topological polar surface area (TPSA) is 12.5 Å². The van der Waals surface area contributed by atoms with Crippen molar-refractivity contribution in [2.24, 2.45) is 23.7 Å². The maximum absolute atomic E-state index is 6.87. The van der Waals surface area contributed by atoms with E-state index in [2.05, 4.69) is 201 Å². The van der Waals surface area contributed by atoms with Gasteiger partial charge in [0.25, 0.3) is 0 Å². The molecule has 0 amide bonds. The highest BCUT2D eigenvalue weighted by Crippen LogP contribution is 2.70. The first-order chi connectivity index (χ1) is 31.0. The Morgan fingerprint density at radius 2 is 1.19 bits per heavy atom. The van der Waals surface area contributed by atoms with E-state index in [1.165, 1.54) is 110 Å². The summed E-state index contributed by atoms with van der Waals surface area (Å²) in [5, 5.41) is 0. The van der Waals surface area contributed by atoms with Crippen LogP contribution < -0.4 is 9.64 Å². The number of para-hydroxylation sites is 1. The highest BCUT2D eigenvalue weighted by atomic mass is 16.5. The molecule has 308 valence electrons. The van der Waals surface area contributed by atoms with Crippen LogP contribution in [0.1, 0.15) is 74.6 Å². The Balaban J connectivity index is 1.04. The molecule has 4 fully saturated rings. The molecule has 0 saturated heterocycles. The van der Waals surface area contributed by atoms with Crippen molar-refractivity contribution in [2.75, 3.05) is 4.90 Å². The van der Waals surface area contributed by atoms with Crippen LogP contribution in [0.3, 0.4) is 0 Å². The van der Waals surface area contributed by atoms with Crippen molar-refractivity contribution < 1.29 is 4.74 Å². The Kier molecular flexibility index (Phi) is 8.30. The third kappa shape index (κ3) is 5.49. The summed E-state index contributed by atoms with van der Waals surface area (Å²) in [6.45, 7) is 4.80. The van der Waals surface area contributed by atoms with Crippen molar-refractivity contribution in [3.8, 4) is 56.0 Å². The predicted molar refractivity (Wildman–Crippen MR) is 260 cm³/mol. The molecular formula is C61H53NO. The Morgan fingerprint density at radius 1 is 0.508 bits per heavy atom. The highest BCUT2D eigenvalue weighted by molar-refractivity contribution is 5.97. The average molecular weight is 816 g/mol. The van der Waals surface area contributed by atoms with Gasteiger partial charge in [0.1, 0.15) is 11.5 Å². The van der Waals surface area contributed by atoms with Gasteiger partial charge in [-0.1, -0.05) is 153 Å². The first-order valence-corrected chi connectivity index (χ1v) is 23.5. The zero-order valence-electron chi connectivity index (χ0n) is 36.3. The number of ether oxygens (including phenoxy) is 1. The average Bonchev–Trinajstić information content (AvgIpc) is 3.74. The summed E-state index contributed by atoms with van der Waals surface area (Å²) in [6, 6.07) is 59.6. The molecule has 7 aromatic carbocycles. The maximum Gasteiger partial charge on any atom is 0.135 e. The summed E-state index contributed by atoms with van der Waals surface area (Å²) in [4.78, 5) is 2.66. The van der Waals surface area contributed by atoms with E-state index in [4.69, 9.17) is 4.74 Å².